The number of hydrogen-bond donors (Lipinski definition) is 3. The Bertz CT molecular complexity index is 824. The first kappa shape index (κ1) is 20.6. The number of aromatic hydroxyl groups is 1. The smallest absolute Gasteiger partial charge is 0.321 e. The van der Waals surface area contributed by atoms with E-state index in [1.807, 2.05) is 13.8 Å². The number of amides is 3. The van der Waals surface area contributed by atoms with Crippen molar-refractivity contribution in [2.24, 2.45) is 5.92 Å². The summed E-state index contributed by atoms with van der Waals surface area (Å²) in [6, 6.07) is 11.2. The summed E-state index contributed by atoms with van der Waals surface area (Å²) in [6.45, 7) is 4.82. The van der Waals surface area contributed by atoms with Crippen LogP contribution in [-0.2, 0) is 6.54 Å². The summed E-state index contributed by atoms with van der Waals surface area (Å²) in [6.07, 6.45) is 0. The maximum atomic E-state index is 12.3. The second-order valence-electron chi connectivity index (χ2n) is 6.71. The van der Waals surface area contributed by atoms with Crippen molar-refractivity contribution in [1.29, 1.82) is 0 Å². The first-order valence-electron chi connectivity index (χ1n) is 8.64. The third kappa shape index (κ3) is 5.89. The van der Waals surface area contributed by atoms with Gasteiger partial charge in [0.2, 0.25) is 0 Å². The molecule has 0 aliphatic heterocycles. The molecule has 0 saturated carbocycles. The van der Waals surface area contributed by atoms with Gasteiger partial charge in [-0.15, -0.1) is 0 Å². The lowest BCUT2D eigenvalue weighted by atomic mass is 10.1. The third-order valence-corrected chi connectivity index (χ3v) is 4.19. The van der Waals surface area contributed by atoms with Crippen LogP contribution in [-0.4, -0.2) is 35.5 Å². The van der Waals surface area contributed by atoms with Crippen molar-refractivity contribution in [2.75, 3.05) is 18.9 Å². The number of urea groups is 1. The van der Waals surface area contributed by atoms with Crippen LogP contribution in [0.3, 0.4) is 0 Å². The lowest BCUT2D eigenvalue weighted by Crippen LogP contribution is -2.31. The van der Waals surface area contributed by atoms with E-state index < -0.39 is 0 Å². The summed E-state index contributed by atoms with van der Waals surface area (Å²) in [5, 5.41) is 15.6. The van der Waals surface area contributed by atoms with Gasteiger partial charge in [-0.3, -0.25) is 4.79 Å². The minimum Gasteiger partial charge on any atom is -0.508 e. The molecule has 27 heavy (non-hydrogen) atoms. The van der Waals surface area contributed by atoms with Gasteiger partial charge in [0, 0.05) is 24.8 Å². The molecule has 0 aromatic heterocycles. The average molecular weight is 390 g/mol. The minimum atomic E-state index is -0.355. The second kappa shape index (κ2) is 9.28. The summed E-state index contributed by atoms with van der Waals surface area (Å²) >= 11 is 6.19. The van der Waals surface area contributed by atoms with Crippen molar-refractivity contribution in [3.63, 3.8) is 0 Å². The van der Waals surface area contributed by atoms with E-state index >= 15 is 0 Å². The van der Waals surface area contributed by atoms with E-state index in [1.54, 1.807) is 43.4 Å². The molecular weight excluding hydrogens is 366 g/mol. The Morgan fingerprint density at radius 1 is 1.19 bits per heavy atom. The zero-order valence-electron chi connectivity index (χ0n) is 15.6. The highest BCUT2D eigenvalue weighted by molar-refractivity contribution is 6.34. The van der Waals surface area contributed by atoms with Crippen LogP contribution >= 0.6 is 11.6 Å². The Kier molecular flexibility index (Phi) is 7.07. The van der Waals surface area contributed by atoms with Crippen molar-refractivity contribution in [3.8, 4) is 5.75 Å². The maximum Gasteiger partial charge on any atom is 0.321 e. The molecule has 2 aromatic rings. The van der Waals surface area contributed by atoms with Crippen LogP contribution in [0.25, 0.3) is 0 Å². The highest BCUT2D eigenvalue weighted by atomic mass is 35.5. The van der Waals surface area contributed by atoms with Gasteiger partial charge in [0.1, 0.15) is 5.75 Å². The van der Waals surface area contributed by atoms with Crippen LogP contribution in [0.5, 0.6) is 5.75 Å². The van der Waals surface area contributed by atoms with Crippen molar-refractivity contribution in [3.05, 3.63) is 58.6 Å². The number of carbonyl (C=O) groups is 2. The molecule has 0 fully saturated rings. The summed E-state index contributed by atoms with van der Waals surface area (Å²) in [7, 11) is 1.62. The molecule has 3 N–H and O–H groups in total. The van der Waals surface area contributed by atoms with E-state index in [4.69, 9.17) is 11.6 Å². The number of hydrogen-bond acceptors (Lipinski definition) is 3. The predicted octanol–water partition coefficient (Wildman–Crippen LogP) is 4.10. The van der Waals surface area contributed by atoms with Gasteiger partial charge in [-0.2, -0.15) is 0 Å². The van der Waals surface area contributed by atoms with Gasteiger partial charge >= 0.3 is 6.03 Å². The van der Waals surface area contributed by atoms with Crippen LogP contribution in [0.1, 0.15) is 29.8 Å². The van der Waals surface area contributed by atoms with Gasteiger partial charge in [-0.25, -0.2) is 4.79 Å². The fourth-order valence-corrected chi connectivity index (χ4v) is 2.63. The SMILES string of the molecule is CC(C)CNC(=O)c1ccc(NC(=O)N(C)Cc2ccccc2O)cc1Cl. The van der Waals surface area contributed by atoms with Gasteiger partial charge < -0.3 is 20.6 Å². The van der Waals surface area contributed by atoms with Crippen LogP contribution in [0.2, 0.25) is 5.02 Å². The number of para-hydroxylation sites is 1. The Labute approximate surface area is 164 Å². The molecule has 0 aliphatic rings. The van der Waals surface area contributed by atoms with E-state index in [2.05, 4.69) is 10.6 Å². The molecule has 0 spiro atoms. The predicted molar refractivity (Wildman–Crippen MR) is 107 cm³/mol. The average Bonchev–Trinajstić information content (AvgIpc) is 2.61. The number of rotatable bonds is 6. The van der Waals surface area contributed by atoms with E-state index in [1.165, 1.54) is 11.0 Å². The highest BCUT2D eigenvalue weighted by Crippen LogP contribution is 2.22. The van der Waals surface area contributed by atoms with Gasteiger partial charge in [0.05, 0.1) is 17.1 Å². The van der Waals surface area contributed by atoms with Gasteiger partial charge in [0.15, 0.2) is 0 Å². The molecule has 0 unspecified atom stereocenters. The number of anilines is 1. The first-order chi connectivity index (χ1) is 12.8. The van der Waals surface area contributed by atoms with Gasteiger partial charge in [-0.05, 0) is 30.2 Å². The monoisotopic (exact) mass is 389 g/mol. The van der Waals surface area contributed by atoms with Crippen LogP contribution in [0, 0.1) is 5.92 Å². The van der Waals surface area contributed by atoms with E-state index in [9.17, 15) is 14.7 Å². The molecule has 0 aliphatic carbocycles. The zero-order chi connectivity index (χ0) is 20.0. The molecule has 6 nitrogen and oxygen atoms in total. The van der Waals surface area contributed by atoms with Gasteiger partial charge in [-0.1, -0.05) is 43.6 Å². The quantitative estimate of drug-likeness (QED) is 0.695. The molecular formula is C20H24ClN3O3. The Morgan fingerprint density at radius 3 is 2.52 bits per heavy atom. The number of nitrogens with one attached hydrogen (secondary N) is 2. The van der Waals surface area contributed by atoms with E-state index in [0.29, 0.717) is 29.3 Å². The summed E-state index contributed by atoms with van der Waals surface area (Å²) in [5.74, 6) is 0.228. The Morgan fingerprint density at radius 2 is 1.89 bits per heavy atom. The number of carbonyl (C=O) groups excluding carboxylic acids is 2. The van der Waals surface area contributed by atoms with Crippen molar-refractivity contribution in [2.45, 2.75) is 20.4 Å². The number of phenols is 1. The van der Waals surface area contributed by atoms with Crippen molar-refractivity contribution >= 4 is 29.2 Å². The molecule has 0 saturated heterocycles. The molecule has 0 bridgehead atoms. The molecule has 2 rings (SSSR count). The number of nitrogens with zero attached hydrogens (tertiary/aromatic N) is 1. The van der Waals surface area contributed by atoms with E-state index in [-0.39, 0.29) is 29.3 Å². The lowest BCUT2D eigenvalue weighted by molar-refractivity contribution is 0.0949. The molecule has 0 radical (unpaired) electrons. The highest BCUT2D eigenvalue weighted by Gasteiger charge is 2.14. The molecule has 2 aromatic carbocycles. The normalized spacial score (nSPS) is 10.6. The zero-order valence-corrected chi connectivity index (χ0v) is 16.4. The van der Waals surface area contributed by atoms with Gasteiger partial charge in [0.25, 0.3) is 5.91 Å². The third-order valence-electron chi connectivity index (χ3n) is 3.88. The topological polar surface area (TPSA) is 81.7 Å². The fraction of sp³-hybridized carbons (Fsp3) is 0.300. The van der Waals surface area contributed by atoms with Crippen LogP contribution in [0.4, 0.5) is 10.5 Å². The maximum absolute atomic E-state index is 12.3. The number of benzene rings is 2. The Balaban J connectivity index is 2.00. The van der Waals surface area contributed by atoms with Crippen LogP contribution in [0.15, 0.2) is 42.5 Å². The molecule has 144 valence electrons. The molecule has 0 atom stereocenters. The molecule has 0 heterocycles. The lowest BCUT2D eigenvalue weighted by Gasteiger charge is -2.19. The molecule has 7 heteroatoms. The first-order valence-corrected chi connectivity index (χ1v) is 9.02. The van der Waals surface area contributed by atoms with Crippen molar-refractivity contribution < 1.29 is 14.7 Å². The summed E-state index contributed by atoms with van der Waals surface area (Å²) in [5.41, 5.74) is 1.48. The standard InChI is InChI=1S/C20H24ClN3O3/c1-13(2)11-22-19(26)16-9-8-15(10-17(16)21)23-20(27)24(3)12-14-6-4-5-7-18(14)25/h4-10,13,25H,11-12H2,1-3H3,(H,22,26)(H,23,27). The minimum absolute atomic E-state index is 0.136. The molecule has 3 amide bonds. The largest absolute Gasteiger partial charge is 0.508 e. The Hall–Kier alpha value is -2.73. The fourth-order valence-electron chi connectivity index (χ4n) is 2.36. The second-order valence-corrected chi connectivity index (χ2v) is 7.12. The van der Waals surface area contributed by atoms with Crippen LogP contribution < -0.4 is 10.6 Å². The summed E-state index contributed by atoms with van der Waals surface area (Å²) in [4.78, 5) is 25.9. The number of halogens is 1. The number of phenolic OH excluding ortho intramolecular Hbond substituents is 1. The summed E-state index contributed by atoms with van der Waals surface area (Å²) < 4.78 is 0. The van der Waals surface area contributed by atoms with Crippen molar-refractivity contribution in [1.82, 2.24) is 10.2 Å². The van der Waals surface area contributed by atoms with E-state index in [0.717, 1.165) is 0 Å².